The number of nitro groups is 12. The van der Waals surface area contributed by atoms with Crippen LogP contribution < -0.4 is 33.6 Å². The number of nitrogens with zero attached hydrogens (tertiary/aromatic N) is 15. The minimum absolute atomic E-state index is 0.00812. The summed E-state index contributed by atoms with van der Waals surface area (Å²) in [5, 5.41) is 141. The molecule has 644 valence electrons. The third-order valence-corrected chi connectivity index (χ3v) is 18.4. The molecule has 12 aromatic carbocycles. The minimum atomic E-state index is -1.22. The van der Waals surface area contributed by atoms with Gasteiger partial charge in [-0.25, -0.2) is 0 Å². The van der Waals surface area contributed by atoms with E-state index in [1.807, 2.05) is 105 Å². The highest BCUT2D eigenvalue weighted by molar-refractivity contribution is 5.97. The van der Waals surface area contributed by atoms with E-state index in [-0.39, 0.29) is 39.6 Å². The quantitative estimate of drug-likeness (QED) is 0.0229. The molecule has 0 saturated heterocycles. The summed E-state index contributed by atoms with van der Waals surface area (Å²) in [4.78, 5) is 157. The number of hydrogen-bond acceptors (Lipinski definition) is 33. The Morgan fingerprint density at radius 1 is 0.291 bits per heavy atom. The average molecular weight is 1740 g/mol. The summed E-state index contributed by atoms with van der Waals surface area (Å²) >= 11 is 0. The zero-order chi connectivity index (χ0) is 92.9. The van der Waals surface area contributed by atoms with E-state index in [9.17, 15) is 131 Å². The third kappa shape index (κ3) is 20.6. The largest absolute Gasteiger partial charge is 0.497 e. The highest BCUT2D eigenvalue weighted by Crippen LogP contribution is 2.55. The van der Waals surface area contributed by atoms with Gasteiger partial charge >= 0.3 is 45.5 Å². The number of Topliss-reactive ketones (excluding diaryl/α,β-unsaturated/α-hetero) is 2. The van der Waals surface area contributed by atoms with Crippen molar-refractivity contribution in [3.8, 4) is 40.2 Å². The molecule has 0 aliphatic carbocycles. The maximum atomic E-state index is 12.2. The fourth-order valence-electron chi connectivity index (χ4n) is 12.4. The van der Waals surface area contributed by atoms with Crippen LogP contribution in [0.3, 0.4) is 0 Å². The molecule has 0 aliphatic rings. The molecule has 12 rings (SSSR count). The maximum absolute atomic E-state index is 12.2. The molecule has 0 fully saturated rings. The molecule has 0 aromatic heterocycles. The van der Waals surface area contributed by atoms with Crippen LogP contribution in [0.5, 0.6) is 40.2 Å². The normalized spacial score (nSPS) is 10.7. The van der Waals surface area contributed by atoms with Crippen LogP contribution in [-0.2, 0) is 5.41 Å². The van der Waals surface area contributed by atoms with Gasteiger partial charge in [-0.1, -0.05) is 87.0 Å². The number of benzene rings is 12. The van der Waals surface area contributed by atoms with Crippen LogP contribution in [-0.4, -0.2) is 77.8 Å². The van der Waals surface area contributed by atoms with E-state index in [4.69, 9.17) is 18.9 Å². The van der Waals surface area contributed by atoms with E-state index < -0.39 is 162 Å². The summed E-state index contributed by atoms with van der Waals surface area (Å²) in [7, 11) is 1.55. The van der Waals surface area contributed by atoms with Crippen LogP contribution in [0.2, 0.25) is 0 Å². The van der Waals surface area contributed by atoms with Gasteiger partial charge in [-0.15, -0.1) is 0 Å². The van der Waals surface area contributed by atoms with Gasteiger partial charge in [-0.05, 0) is 165 Å². The fraction of sp³-hybridized carbons (Fsp3) is 0.0976. The Bertz CT molecular complexity index is 6340. The second-order valence-corrected chi connectivity index (χ2v) is 27.6. The van der Waals surface area contributed by atoms with Crippen molar-refractivity contribution in [1.29, 1.82) is 0 Å². The second kappa shape index (κ2) is 38.2. The van der Waals surface area contributed by atoms with Crippen LogP contribution in [0, 0.1) is 128 Å². The molecule has 45 nitrogen and oxygen atoms in total. The topological polar surface area (TPSA) is 598 Å². The van der Waals surface area contributed by atoms with Crippen molar-refractivity contribution in [3.05, 3.63) is 386 Å². The van der Waals surface area contributed by atoms with Crippen LogP contribution in [0.1, 0.15) is 66.5 Å². The van der Waals surface area contributed by atoms with Gasteiger partial charge < -0.3 is 28.7 Å². The second-order valence-electron chi connectivity index (χ2n) is 27.6. The summed E-state index contributed by atoms with van der Waals surface area (Å²) in [5.41, 5.74) is -7.82. The van der Waals surface area contributed by atoms with E-state index in [2.05, 4.69) is 0 Å². The minimum Gasteiger partial charge on any atom is -0.497 e. The standard InChI is InChI=1S/C29H26N4O8.C27H20N4O8.C26H15N7O14/c1-29(2,3)19-10-15-27(41-28-25(32(36)37)17-22(31(34)35)18-26(28)33(38)39)24(16-19)30(20-8-6-5-7-9-20)21-11-13-23(40-4)14-12-21;1-17-7-11-20(12-8-17)28(21-13-9-19(10-14-21)18(2)32)23-5-3-4-6-26(23)39-27-24(30(35)36)15-22(29(33)34)16-25(27)31(37)38;1-14(34)15-6-8-16(9-7-15)27(25-20(30(39)40)10-17(28(35)36)11-21(25)31(41)42)19-4-2-3-5-24(19)47-26-22(32(43)44)12-18(29(37)38)13-23(26)33(45)46/h5-18H,1-4H3;3-16H,1-2H3;2-13H,1H3. The van der Waals surface area contributed by atoms with Crippen molar-refractivity contribution in [3.63, 3.8) is 0 Å². The first-order valence-corrected chi connectivity index (χ1v) is 36.3. The lowest BCUT2D eigenvalue weighted by Gasteiger charge is -2.29. The smallest absolute Gasteiger partial charge is 0.325 e. The molecular weight excluding hydrogens is 1670 g/mol. The Hall–Kier alpha value is -18.6. The Labute approximate surface area is 711 Å². The zero-order valence-corrected chi connectivity index (χ0v) is 66.5. The van der Waals surface area contributed by atoms with E-state index in [1.54, 1.807) is 78.7 Å². The van der Waals surface area contributed by atoms with Crippen LogP contribution in [0.15, 0.2) is 243 Å². The summed E-state index contributed by atoms with van der Waals surface area (Å²) in [6, 6.07) is 56.0. The number of ketones is 2. The molecule has 45 heteroatoms. The molecule has 0 N–H and O–H groups in total. The number of ether oxygens (including phenoxy) is 4. The Morgan fingerprint density at radius 3 is 0.866 bits per heavy atom. The number of para-hydroxylation sites is 5. The van der Waals surface area contributed by atoms with Crippen LogP contribution in [0.4, 0.5) is 119 Å². The van der Waals surface area contributed by atoms with Gasteiger partial charge in [0.05, 0.1) is 132 Å². The first kappa shape index (κ1) is 90.7. The van der Waals surface area contributed by atoms with Gasteiger partial charge in [0.2, 0.25) is 5.69 Å². The predicted octanol–water partition coefficient (Wildman–Crippen LogP) is 21.8. The number of rotatable bonds is 30. The number of non-ortho nitro benzene ring substituents is 4. The van der Waals surface area contributed by atoms with Crippen molar-refractivity contribution in [2.24, 2.45) is 0 Å². The number of carbonyl (C=O) groups excluding carboxylic acids is 2. The third-order valence-electron chi connectivity index (χ3n) is 18.4. The monoisotopic (exact) mass is 1740 g/mol. The lowest BCUT2D eigenvalue weighted by Crippen LogP contribution is -2.15. The number of methoxy groups -OCH3 is 1. The van der Waals surface area contributed by atoms with E-state index in [0.717, 1.165) is 28.2 Å². The zero-order valence-electron chi connectivity index (χ0n) is 66.5. The molecule has 12 aromatic rings. The van der Waals surface area contributed by atoms with Gasteiger partial charge in [0.25, 0.3) is 40.0 Å². The summed E-state index contributed by atoms with van der Waals surface area (Å²) in [6.45, 7) is 10.6. The van der Waals surface area contributed by atoms with E-state index in [0.29, 0.717) is 94.0 Å². The molecule has 0 aliphatic heterocycles. The molecule has 0 atom stereocenters. The molecule has 0 saturated carbocycles. The van der Waals surface area contributed by atoms with Gasteiger partial charge in [0, 0.05) is 39.6 Å². The van der Waals surface area contributed by atoms with Gasteiger partial charge in [0.1, 0.15) is 5.75 Å². The van der Waals surface area contributed by atoms with Crippen molar-refractivity contribution in [2.75, 3.05) is 21.8 Å². The molecule has 0 unspecified atom stereocenters. The Kier molecular flexibility index (Phi) is 27.3. The molecule has 0 amide bonds. The van der Waals surface area contributed by atoms with Gasteiger partial charge in [-0.3, -0.25) is 136 Å². The highest BCUT2D eigenvalue weighted by Gasteiger charge is 2.41. The maximum Gasteiger partial charge on any atom is 0.325 e. The van der Waals surface area contributed by atoms with Crippen molar-refractivity contribution in [2.45, 2.75) is 47.0 Å². The average Bonchev–Trinajstić information content (AvgIpc) is 0.739. The van der Waals surface area contributed by atoms with E-state index >= 15 is 0 Å². The number of nitro benzene ring substituents is 12. The SMILES string of the molecule is CC(=O)c1ccc(N(c2ccc(C)cc2)c2ccccc2Oc2c([N+](=O)[O-])cc([N+](=O)[O-])cc2[N+](=O)[O-])cc1.CC(=O)c1ccc(N(c2ccccc2Oc2c([N+](=O)[O-])cc([N+](=O)[O-])cc2[N+](=O)[O-])c2c([N+](=O)[O-])cc([N+](=O)[O-])cc2[N+](=O)[O-])cc1.COc1ccc(N(c2ccccc2)c2cc(C(C)(C)C)ccc2Oc2c([N+](=O)[O-])cc([N+](=O)[O-])cc2[N+](=O)[O-])cc1. The van der Waals surface area contributed by atoms with Crippen molar-refractivity contribution < 1.29 is 87.6 Å². The first-order valence-electron chi connectivity index (χ1n) is 36.3. The Balaban J connectivity index is 0.000000200. The fourth-order valence-corrected chi connectivity index (χ4v) is 12.4. The van der Waals surface area contributed by atoms with Gasteiger partial charge in [-0.2, -0.15) is 0 Å². The lowest BCUT2D eigenvalue weighted by atomic mass is 9.86. The van der Waals surface area contributed by atoms with Crippen molar-refractivity contribution >= 4 is 131 Å². The molecule has 0 bridgehead atoms. The molecular formula is C82H61N15O30. The molecule has 127 heavy (non-hydrogen) atoms. The Morgan fingerprint density at radius 2 is 0.559 bits per heavy atom. The highest BCUT2D eigenvalue weighted by atomic mass is 16.7. The molecule has 0 spiro atoms. The van der Waals surface area contributed by atoms with Gasteiger partial charge in [0.15, 0.2) is 28.8 Å². The van der Waals surface area contributed by atoms with Crippen LogP contribution >= 0.6 is 0 Å². The molecule has 0 heterocycles. The van der Waals surface area contributed by atoms with Crippen LogP contribution in [0.25, 0.3) is 0 Å². The predicted molar refractivity (Wildman–Crippen MR) is 453 cm³/mol. The number of hydrogen-bond donors (Lipinski definition) is 0. The summed E-state index contributed by atoms with van der Waals surface area (Å²) < 4.78 is 22.8. The van der Waals surface area contributed by atoms with E-state index in [1.165, 1.54) is 56.3 Å². The summed E-state index contributed by atoms with van der Waals surface area (Å²) in [5.74, 6) is -2.97. The number of aryl methyl sites for hydroxylation is 1. The molecule has 0 radical (unpaired) electrons. The number of carbonyl (C=O) groups is 2. The number of anilines is 9. The summed E-state index contributed by atoms with van der Waals surface area (Å²) in [6.07, 6.45) is 0. The first-order chi connectivity index (χ1) is 60.1. The van der Waals surface area contributed by atoms with Crippen molar-refractivity contribution in [1.82, 2.24) is 0 Å². The lowest BCUT2D eigenvalue weighted by molar-refractivity contribution is -0.404.